The highest BCUT2D eigenvalue weighted by Crippen LogP contribution is 2.32. The third-order valence-corrected chi connectivity index (χ3v) is 5.47. The molecule has 0 saturated heterocycles. The highest BCUT2D eigenvalue weighted by molar-refractivity contribution is 9.10. The zero-order valence-corrected chi connectivity index (χ0v) is 14.3. The van der Waals surface area contributed by atoms with E-state index in [2.05, 4.69) is 31.2 Å². The maximum atomic E-state index is 12.0. The summed E-state index contributed by atoms with van der Waals surface area (Å²) in [6.45, 7) is 0. The van der Waals surface area contributed by atoms with E-state index in [1.807, 2.05) is 16.8 Å². The van der Waals surface area contributed by atoms with Crippen LogP contribution in [0.3, 0.4) is 0 Å². The van der Waals surface area contributed by atoms with Crippen LogP contribution >= 0.6 is 38.6 Å². The van der Waals surface area contributed by atoms with E-state index in [1.54, 1.807) is 17.4 Å². The Morgan fingerprint density at radius 3 is 2.95 bits per heavy atom. The minimum absolute atomic E-state index is 0.0572. The highest BCUT2D eigenvalue weighted by atomic mass is 79.9. The quantitative estimate of drug-likeness (QED) is 0.701. The van der Waals surface area contributed by atoms with Crippen LogP contribution in [-0.2, 0) is 11.2 Å². The molecule has 3 heterocycles. The molecule has 1 amide bonds. The van der Waals surface area contributed by atoms with E-state index >= 15 is 0 Å². The molecule has 0 bridgehead atoms. The second-order valence-corrected chi connectivity index (χ2v) is 7.05. The van der Waals surface area contributed by atoms with Crippen molar-refractivity contribution >= 4 is 50.3 Å². The number of rotatable bonds is 4. The molecule has 0 aliphatic heterocycles. The molecule has 3 rings (SSSR count). The fourth-order valence-corrected chi connectivity index (χ4v) is 4.09. The predicted octanol–water partition coefficient (Wildman–Crippen LogP) is 3.92. The third kappa shape index (κ3) is 3.52. The largest absolute Gasteiger partial charge is 0.504 e. The van der Waals surface area contributed by atoms with Gasteiger partial charge in [-0.05, 0) is 34.1 Å². The smallest absolute Gasteiger partial charge is 0.231 e. The Kier molecular flexibility index (Phi) is 4.51. The molecule has 0 saturated carbocycles. The molecule has 0 aromatic carbocycles. The fraction of sp³-hybridized carbons (Fsp3) is 0.0714. The first-order valence-corrected chi connectivity index (χ1v) is 8.79. The lowest BCUT2D eigenvalue weighted by atomic mass is 10.3. The molecule has 3 aromatic rings. The molecular formula is C14H10BrN3O2S2. The number of carbonyl (C=O) groups excluding carboxylic acids is 1. The number of aromatic hydroxyl groups is 1. The van der Waals surface area contributed by atoms with Gasteiger partial charge in [-0.25, -0.2) is 9.97 Å². The number of amides is 1. The van der Waals surface area contributed by atoms with Crippen LogP contribution in [0.2, 0.25) is 0 Å². The number of anilines is 1. The van der Waals surface area contributed by atoms with E-state index < -0.39 is 0 Å². The van der Waals surface area contributed by atoms with Crippen LogP contribution in [0, 0.1) is 0 Å². The summed E-state index contributed by atoms with van der Waals surface area (Å²) in [5.74, 6) is -0.165. The summed E-state index contributed by atoms with van der Waals surface area (Å²) in [6, 6.07) is 5.06. The monoisotopic (exact) mass is 395 g/mol. The molecule has 8 heteroatoms. The average molecular weight is 396 g/mol. The standard InChI is InChI=1S/C14H10BrN3O2S2/c15-8-4-11(21-6-8)14-17-9(7-22-14)5-12(20)18-13-10(19)2-1-3-16-13/h1-4,6-7,19H,5H2,(H,16,18,20). The van der Waals surface area contributed by atoms with Crippen molar-refractivity contribution in [3.8, 4) is 15.6 Å². The average Bonchev–Trinajstić information content (AvgIpc) is 3.10. The molecule has 2 N–H and O–H groups in total. The number of thiazole rings is 1. The summed E-state index contributed by atoms with van der Waals surface area (Å²) < 4.78 is 1.02. The maximum Gasteiger partial charge on any atom is 0.231 e. The van der Waals surface area contributed by atoms with Crippen molar-refractivity contribution in [2.45, 2.75) is 6.42 Å². The summed E-state index contributed by atoms with van der Waals surface area (Å²) in [6.07, 6.45) is 1.64. The van der Waals surface area contributed by atoms with Crippen molar-refractivity contribution in [3.05, 3.63) is 45.3 Å². The first kappa shape index (κ1) is 15.1. The zero-order chi connectivity index (χ0) is 15.5. The highest BCUT2D eigenvalue weighted by Gasteiger charge is 2.12. The Hall–Kier alpha value is -1.77. The molecule has 0 aliphatic rings. The van der Waals surface area contributed by atoms with Crippen molar-refractivity contribution in [2.24, 2.45) is 0 Å². The molecule has 0 aliphatic carbocycles. The van der Waals surface area contributed by atoms with Crippen LogP contribution in [0.15, 0.2) is 39.6 Å². The van der Waals surface area contributed by atoms with Gasteiger partial charge in [-0.1, -0.05) is 0 Å². The SMILES string of the molecule is O=C(Cc1csc(-c2cc(Br)cs2)n1)Nc1ncccc1O. The van der Waals surface area contributed by atoms with Gasteiger partial charge in [0.1, 0.15) is 5.01 Å². The van der Waals surface area contributed by atoms with Crippen LogP contribution in [-0.4, -0.2) is 21.0 Å². The molecule has 112 valence electrons. The lowest BCUT2D eigenvalue weighted by Gasteiger charge is -2.04. The molecule has 3 aromatic heterocycles. The van der Waals surface area contributed by atoms with E-state index in [0.29, 0.717) is 5.69 Å². The predicted molar refractivity (Wildman–Crippen MR) is 91.4 cm³/mol. The maximum absolute atomic E-state index is 12.0. The Morgan fingerprint density at radius 1 is 1.36 bits per heavy atom. The molecule has 0 unspecified atom stereocenters. The molecule has 0 spiro atoms. The minimum atomic E-state index is -0.266. The van der Waals surface area contributed by atoms with Crippen LogP contribution in [0.5, 0.6) is 5.75 Å². The van der Waals surface area contributed by atoms with Crippen molar-refractivity contribution in [1.29, 1.82) is 0 Å². The number of hydrogen-bond acceptors (Lipinski definition) is 6. The number of hydrogen-bond donors (Lipinski definition) is 2. The van der Waals surface area contributed by atoms with Crippen LogP contribution in [0.4, 0.5) is 5.82 Å². The molecular weight excluding hydrogens is 386 g/mol. The van der Waals surface area contributed by atoms with Gasteiger partial charge in [0.05, 0.1) is 17.0 Å². The molecule has 0 fully saturated rings. The van der Waals surface area contributed by atoms with Gasteiger partial charge < -0.3 is 10.4 Å². The third-order valence-electron chi connectivity index (χ3n) is 2.72. The summed E-state index contributed by atoms with van der Waals surface area (Å²) in [4.78, 5) is 21.4. The lowest BCUT2D eigenvalue weighted by Crippen LogP contribution is -2.15. The van der Waals surface area contributed by atoms with Crippen molar-refractivity contribution in [1.82, 2.24) is 9.97 Å². The molecule has 5 nitrogen and oxygen atoms in total. The number of carbonyl (C=O) groups is 1. The minimum Gasteiger partial charge on any atom is -0.504 e. The first-order chi connectivity index (χ1) is 10.6. The Morgan fingerprint density at radius 2 is 2.23 bits per heavy atom. The van der Waals surface area contributed by atoms with E-state index in [4.69, 9.17) is 0 Å². The second kappa shape index (κ2) is 6.55. The summed E-state index contributed by atoms with van der Waals surface area (Å²) in [5.41, 5.74) is 0.692. The zero-order valence-electron chi connectivity index (χ0n) is 11.1. The van der Waals surface area contributed by atoms with Gasteiger partial charge in [0, 0.05) is 21.4 Å². The number of halogens is 1. The van der Waals surface area contributed by atoms with Gasteiger partial charge in [-0.2, -0.15) is 0 Å². The van der Waals surface area contributed by atoms with E-state index in [9.17, 15) is 9.90 Å². The van der Waals surface area contributed by atoms with Gasteiger partial charge in [-0.3, -0.25) is 4.79 Å². The number of pyridine rings is 1. The Bertz CT molecular complexity index is 816. The summed E-state index contributed by atoms with van der Waals surface area (Å²) >= 11 is 6.51. The number of nitrogens with one attached hydrogen (secondary N) is 1. The van der Waals surface area contributed by atoms with E-state index in [0.717, 1.165) is 14.4 Å². The molecule has 0 atom stereocenters. The Balaban J connectivity index is 1.67. The molecule has 0 radical (unpaired) electrons. The Labute approximate surface area is 142 Å². The summed E-state index contributed by atoms with van der Waals surface area (Å²) in [5, 5.41) is 16.9. The van der Waals surface area contributed by atoms with Gasteiger partial charge in [-0.15, -0.1) is 22.7 Å². The number of thiophene rings is 1. The van der Waals surface area contributed by atoms with Crippen LogP contribution < -0.4 is 5.32 Å². The van der Waals surface area contributed by atoms with Crippen molar-refractivity contribution in [3.63, 3.8) is 0 Å². The lowest BCUT2D eigenvalue weighted by molar-refractivity contribution is -0.115. The molecule has 22 heavy (non-hydrogen) atoms. The topological polar surface area (TPSA) is 75.1 Å². The van der Waals surface area contributed by atoms with Crippen LogP contribution in [0.25, 0.3) is 9.88 Å². The van der Waals surface area contributed by atoms with E-state index in [1.165, 1.54) is 23.6 Å². The second-order valence-electron chi connectivity index (χ2n) is 4.37. The first-order valence-electron chi connectivity index (χ1n) is 6.24. The number of aromatic nitrogens is 2. The summed E-state index contributed by atoms with van der Waals surface area (Å²) in [7, 11) is 0. The normalized spacial score (nSPS) is 10.6. The van der Waals surface area contributed by atoms with Gasteiger partial charge in [0.2, 0.25) is 5.91 Å². The van der Waals surface area contributed by atoms with Gasteiger partial charge >= 0.3 is 0 Å². The van der Waals surface area contributed by atoms with Crippen molar-refractivity contribution < 1.29 is 9.90 Å². The fourth-order valence-electron chi connectivity index (χ4n) is 1.76. The van der Waals surface area contributed by atoms with Gasteiger partial charge in [0.15, 0.2) is 11.6 Å². The van der Waals surface area contributed by atoms with E-state index in [-0.39, 0.29) is 23.9 Å². The van der Waals surface area contributed by atoms with Crippen LogP contribution in [0.1, 0.15) is 5.69 Å². The van der Waals surface area contributed by atoms with Gasteiger partial charge in [0.25, 0.3) is 0 Å². The number of nitrogens with zero attached hydrogens (tertiary/aromatic N) is 2. The van der Waals surface area contributed by atoms with Crippen molar-refractivity contribution in [2.75, 3.05) is 5.32 Å².